The van der Waals surface area contributed by atoms with Crippen LogP contribution < -0.4 is 10.6 Å². The van der Waals surface area contributed by atoms with Crippen LogP contribution in [0.4, 0.5) is 5.69 Å². The Kier molecular flexibility index (Phi) is 4.31. The average molecular weight is 339 g/mol. The molecule has 0 fully saturated rings. The molecule has 0 saturated heterocycles. The highest BCUT2D eigenvalue weighted by molar-refractivity contribution is 7.80. The van der Waals surface area contributed by atoms with Gasteiger partial charge in [0.2, 0.25) is 11.8 Å². The minimum atomic E-state index is -0.216. The number of aryl methyl sites for hydroxylation is 2. The summed E-state index contributed by atoms with van der Waals surface area (Å²) in [7, 11) is 0. The first-order chi connectivity index (χ1) is 11.4. The lowest BCUT2D eigenvalue weighted by atomic mass is 10.1. The second-order valence-corrected chi connectivity index (χ2v) is 6.06. The summed E-state index contributed by atoms with van der Waals surface area (Å²) >= 11 is 5.06. The quantitative estimate of drug-likeness (QED) is 0.692. The standard InChI is InChI=1S/C18H17N3O2S/c1-10-4-6-14(11(2)8-10)17-21-15-9-13(5-7-16(15)23-17)20-18(24)19-12(3)22/h4-9H,1-3H3,(H2,19,20,22,24). The number of hydrogen-bond donors (Lipinski definition) is 2. The van der Waals surface area contributed by atoms with Crippen molar-refractivity contribution in [3.8, 4) is 11.5 Å². The predicted octanol–water partition coefficient (Wildman–Crippen LogP) is 3.94. The third kappa shape index (κ3) is 3.44. The highest BCUT2D eigenvalue weighted by Gasteiger charge is 2.11. The van der Waals surface area contributed by atoms with E-state index in [2.05, 4.69) is 28.6 Å². The van der Waals surface area contributed by atoms with Crippen molar-refractivity contribution in [1.29, 1.82) is 0 Å². The van der Waals surface area contributed by atoms with Gasteiger partial charge >= 0.3 is 0 Å². The monoisotopic (exact) mass is 339 g/mol. The van der Waals surface area contributed by atoms with Crippen LogP contribution in [0.2, 0.25) is 0 Å². The van der Waals surface area contributed by atoms with Gasteiger partial charge in [-0.2, -0.15) is 0 Å². The molecule has 0 unspecified atom stereocenters. The molecule has 3 rings (SSSR count). The Hall–Kier alpha value is -2.73. The maximum absolute atomic E-state index is 11.0. The van der Waals surface area contributed by atoms with E-state index in [1.54, 1.807) is 0 Å². The summed E-state index contributed by atoms with van der Waals surface area (Å²) in [6, 6.07) is 11.6. The van der Waals surface area contributed by atoms with Crippen molar-refractivity contribution < 1.29 is 9.21 Å². The fraction of sp³-hybridized carbons (Fsp3) is 0.167. The molecule has 0 aliphatic rings. The van der Waals surface area contributed by atoms with Crippen LogP contribution in [-0.2, 0) is 4.79 Å². The van der Waals surface area contributed by atoms with Crippen molar-refractivity contribution in [2.75, 3.05) is 5.32 Å². The maximum atomic E-state index is 11.0. The van der Waals surface area contributed by atoms with E-state index in [0.29, 0.717) is 11.5 Å². The Labute approximate surface area is 145 Å². The number of nitrogens with zero attached hydrogens (tertiary/aromatic N) is 1. The van der Waals surface area contributed by atoms with Gasteiger partial charge in [-0.3, -0.25) is 4.79 Å². The van der Waals surface area contributed by atoms with Crippen LogP contribution in [-0.4, -0.2) is 16.0 Å². The molecule has 6 heteroatoms. The minimum absolute atomic E-state index is 0.216. The fourth-order valence-corrected chi connectivity index (χ4v) is 2.76. The van der Waals surface area contributed by atoms with E-state index < -0.39 is 0 Å². The van der Waals surface area contributed by atoms with E-state index in [9.17, 15) is 4.79 Å². The van der Waals surface area contributed by atoms with Crippen LogP contribution in [0.15, 0.2) is 40.8 Å². The number of aromatic nitrogens is 1. The van der Waals surface area contributed by atoms with Gasteiger partial charge < -0.3 is 15.1 Å². The third-order valence-electron chi connectivity index (χ3n) is 3.55. The van der Waals surface area contributed by atoms with Gasteiger partial charge in [-0.05, 0) is 55.9 Å². The lowest BCUT2D eigenvalue weighted by molar-refractivity contribution is -0.117. The molecule has 0 radical (unpaired) electrons. The zero-order valence-corrected chi connectivity index (χ0v) is 14.5. The van der Waals surface area contributed by atoms with Crippen LogP contribution in [0.1, 0.15) is 18.1 Å². The molecule has 5 nitrogen and oxygen atoms in total. The molecule has 2 aromatic carbocycles. The first kappa shape index (κ1) is 16.1. The fourth-order valence-electron chi connectivity index (χ4n) is 2.50. The van der Waals surface area contributed by atoms with Gasteiger partial charge in [-0.15, -0.1) is 0 Å². The highest BCUT2D eigenvalue weighted by Crippen LogP contribution is 2.28. The van der Waals surface area contributed by atoms with E-state index in [-0.39, 0.29) is 11.0 Å². The van der Waals surface area contributed by atoms with Crippen molar-refractivity contribution in [2.24, 2.45) is 0 Å². The van der Waals surface area contributed by atoms with Crippen molar-refractivity contribution >= 4 is 40.0 Å². The average Bonchev–Trinajstić information content (AvgIpc) is 2.88. The second-order valence-electron chi connectivity index (χ2n) is 5.66. The molecule has 0 aliphatic carbocycles. The summed E-state index contributed by atoms with van der Waals surface area (Å²) in [5.74, 6) is 0.372. The molecule has 1 amide bonds. The first-order valence-electron chi connectivity index (χ1n) is 7.49. The molecule has 0 aliphatic heterocycles. The number of fused-ring (bicyclic) bond motifs is 1. The molecule has 0 spiro atoms. The molecule has 1 heterocycles. The van der Waals surface area contributed by atoms with Crippen LogP contribution in [0.3, 0.4) is 0 Å². The topological polar surface area (TPSA) is 67.2 Å². The summed E-state index contributed by atoms with van der Waals surface area (Å²) in [6.45, 7) is 5.50. The van der Waals surface area contributed by atoms with Crippen molar-refractivity contribution in [2.45, 2.75) is 20.8 Å². The lowest BCUT2D eigenvalue weighted by Crippen LogP contribution is -2.32. The minimum Gasteiger partial charge on any atom is -0.436 e. The van der Waals surface area contributed by atoms with Gasteiger partial charge in [0.05, 0.1) is 0 Å². The van der Waals surface area contributed by atoms with Gasteiger partial charge in [0.1, 0.15) is 5.52 Å². The molecule has 0 bridgehead atoms. The van der Waals surface area contributed by atoms with E-state index >= 15 is 0 Å². The zero-order chi connectivity index (χ0) is 17.3. The van der Waals surface area contributed by atoms with Gasteiger partial charge in [0.15, 0.2) is 10.7 Å². The van der Waals surface area contributed by atoms with Crippen molar-refractivity contribution in [3.63, 3.8) is 0 Å². The molecular weight excluding hydrogens is 322 g/mol. The number of carbonyl (C=O) groups is 1. The molecule has 0 saturated carbocycles. The Balaban J connectivity index is 1.91. The van der Waals surface area contributed by atoms with Crippen LogP contribution in [0, 0.1) is 13.8 Å². The number of hydrogen-bond acceptors (Lipinski definition) is 4. The Morgan fingerprint density at radius 2 is 1.96 bits per heavy atom. The largest absolute Gasteiger partial charge is 0.436 e. The molecule has 1 aromatic heterocycles. The molecule has 24 heavy (non-hydrogen) atoms. The number of benzene rings is 2. The SMILES string of the molecule is CC(=O)NC(=S)Nc1ccc2oc(-c3ccc(C)cc3C)nc2c1. The van der Waals surface area contributed by atoms with Gasteiger partial charge in [0.25, 0.3) is 0 Å². The van der Waals surface area contributed by atoms with E-state index in [1.807, 2.05) is 37.3 Å². The number of carbonyl (C=O) groups excluding carboxylic acids is 1. The van der Waals surface area contributed by atoms with E-state index in [1.165, 1.54) is 12.5 Å². The Morgan fingerprint density at radius 3 is 2.67 bits per heavy atom. The summed E-state index contributed by atoms with van der Waals surface area (Å²) in [4.78, 5) is 15.6. The van der Waals surface area contributed by atoms with E-state index in [4.69, 9.17) is 16.6 Å². The summed E-state index contributed by atoms with van der Waals surface area (Å²) < 4.78 is 5.86. The predicted molar refractivity (Wildman–Crippen MR) is 99.0 cm³/mol. The molecule has 122 valence electrons. The highest BCUT2D eigenvalue weighted by atomic mass is 32.1. The van der Waals surface area contributed by atoms with Crippen LogP contribution in [0.25, 0.3) is 22.6 Å². The zero-order valence-electron chi connectivity index (χ0n) is 13.6. The lowest BCUT2D eigenvalue weighted by Gasteiger charge is -2.07. The van der Waals surface area contributed by atoms with Gasteiger partial charge in [0, 0.05) is 18.2 Å². The second kappa shape index (κ2) is 6.41. The van der Waals surface area contributed by atoms with Gasteiger partial charge in [-0.1, -0.05) is 17.7 Å². The number of rotatable bonds is 2. The van der Waals surface area contributed by atoms with Crippen molar-refractivity contribution in [3.05, 3.63) is 47.5 Å². The Morgan fingerprint density at radius 1 is 1.17 bits per heavy atom. The molecule has 3 aromatic rings. The third-order valence-corrected chi connectivity index (χ3v) is 3.75. The number of anilines is 1. The number of amides is 1. The summed E-state index contributed by atoms with van der Waals surface area (Å²) in [5, 5.41) is 5.72. The summed E-state index contributed by atoms with van der Waals surface area (Å²) in [6.07, 6.45) is 0. The molecule has 0 atom stereocenters. The van der Waals surface area contributed by atoms with Crippen molar-refractivity contribution in [1.82, 2.24) is 10.3 Å². The first-order valence-corrected chi connectivity index (χ1v) is 7.90. The smallest absolute Gasteiger partial charge is 0.227 e. The van der Waals surface area contributed by atoms with Crippen LogP contribution in [0.5, 0.6) is 0 Å². The number of thiocarbonyl (C=S) groups is 1. The number of oxazole rings is 1. The normalized spacial score (nSPS) is 10.6. The van der Waals surface area contributed by atoms with E-state index in [0.717, 1.165) is 22.3 Å². The molecule has 2 N–H and O–H groups in total. The van der Waals surface area contributed by atoms with Crippen LogP contribution >= 0.6 is 12.2 Å². The summed E-state index contributed by atoms with van der Waals surface area (Å²) in [5.41, 5.74) is 5.44. The maximum Gasteiger partial charge on any atom is 0.227 e. The molecular formula is C18H17N3O2S. The Bertz CT molecular complexity index is 947. The van der Waals surface area contributed by atoms with Gasteiger partial charge in [-0.25, -0.2) is 4.98 Å². The number of nitrogens with one attached hydrogen (secondary N) is 2.